The molecule has 1 heterocycles. The highest BCUT2D eigenvalue weighted by atomic mass is 32.1. The molecule has 0 aliphatic rings. The van der Waals surface area contributed by atoms with Crippen molar-refractivity contribution < 1.29 is 14.7 Å². The minimum atomic E-state index is -1.05. The Hall–Kier alpha value is -1.70. The standard InChI is InChI=1S/C9H14N4O3S/c1-3-4-6(7(14)15)10-8(16)11-9-13-12-5(2)17-9/h6H,3-4H2,1-2H3,(H,14,15)(H2,10,11,13,16)/t6-/m0/s1. The van der Waals surface area contributed by atoms with Crippen LogP contribution in [0.5, 0.6) is 0 Å². The normalized spacial score (nSPS) is 11.9. The number of aliphatic carboxylic acids is 1. The lowest BCUT2D eigenvalue weighted by molar-refractivity contribution is -0.139. The lowest BCUT2D eigenvalue weighted by Gasteiger charge is -2.12. The third-order valence-corrected chi connectivity index (χ3v) is 2.68. The number of carboxylic acid groups (broad SMARTS) is 1. The van der Waals surface area contributed by atoms with Gasteiger partial charge in [0.2, 0.25) is 5.13 Å². The Balaban J connectivity index is 2.50. The second-order valence-corrected chi connectivity index (χ2v) is 4.59. The van der Waals surface area contributed by atoms with Crippen molar-refractivity contribution in [3.8, 4) is 0 Å². The van der Waals surface area contributed by atoms with E-state index in [9.17, 15) is 9.59 Å². The number of amides is 2. The Morgan fingerprint density at radius 3 is 2.65 bits per heavy atom. The zero-order valence-electron chi connectivity index (χ0n) is 9.56. The number of rotatable bonds is 5. The van der Waals surface area contributed by atoms with E-state index in [0.29, 0.717) is 18.0 Å². The van der Waals surface area contributed by atoms with E-state index >= 15 is 0 Å². The van der Waals surface area contributed by atoms with E-state index in [1.807, 2.05) is 6.92 Å². The van der Waals surface area contributed by atoms with Gasteiger partial charge in [0.15, 0.2) is 0 Å². The number of hydrogen-bond donors (Lipinski definition) is 3. The Bertz CT molecular complexity index is 407. The molecule has 0 spiro atoms. The molecule has 1 rings (SSSR count). The lowest BCUT2D eigenvalue weighted by atomic mass is 10.2. The maximum atomic E-state index is 11.5. The summed E-state index contributed by atoms with van der Waals surface area (Å²) in [5.74, 6) is -1.05. The number of carboxylic acids is 1. The highest BCUT2D eigenvalue weighted by Crippen LogP contribution is 2.13. The van der Waals surface area contributed by atoms with E-state index in [1.165, 1.54) is 11.3 Å². The fourth-order valence-electron chi connectivity index (χ4n) is 1.18. The van der Waals surface area contributed by atoms with Crippen LogP contribution in [0.1, 0.15) is 24.8 Å². The largest absolute Gasteiger partial charge is 0.480 e. The van der Waals surface area contributed by atoms with Crippen molar-refractivity contribution in [2.45, 2.75) is 32.7 Å². The topological polar surface area (TPSA) is 104 Å². The molecule has 1 aromatic heterocycles. The maximum Gasteiger partial charge on any atom is 0.326 e. The summed E-state index contributed by atoms with van der Waals surface area (Å²) in [4.78, 5) is 22.3. The number of aryl methyl sites for hydroxylation is 1. The molecule has 0 bridgehead atoms. The van der Waals surface area contributed by atoms with Crippen molar-refractivity contribution >= 4 is 28.5 Å². The average Bonchev–Trinajstić information content (AvgIpc) is 2.63. The van der Waals surface area contributed by atoms with Gasteiger partial charge < -0.3 is 10.4 Å². The fraction of sp³-hybridized carbons (Fsp3) is 0.556. The van der Waals surface area contributed by atoms with Gasteiger partial charge in [-0.1, -0.05) is 24.7 Å². The first-order valence-corrected chi connectivity index (χ1v) is 5.95. The highest BCUT2D eigenvalue weighted by molar-refractivity contribution is 7.15. The molecule has 1 atom stereocenters. The number of carbonyl (C=O) groups is 2. The lowest BCUT2D eigenvalue weighted by Crippen LogP contribution is -2.42. The number of anilines is 1. The first kappa shape index (κ1) is 13.4. The van der Waals surface area contributed by atoms with Gasteiger partial charge in [0, 0.05) is 0 Å². The molecular formula is C9H14N4O3S. The van der Waals surface area contributed by atoms with Gasteiger partial charge in [-0.05, 0) is 13.3 Å². The molecule has 7 nitrogen and oxygen atoms in total. The van der Waals surface area contributed by atoms with Gasteiger partial charge in [-0.25, -0.2) is 9.59 Å². The minimum absolute atomic E-state index is 0.348. The van der Waals surface area contributed by atoms with Crippen LogP contribution in [0.15, 0.2) is 0 Å². The summed E-state index contributed by atoms with van der Waals surface area (Å²) in [6.45, 7) is 3.61. The predicted octanol–water partition coefficient (Wildman–Crippen LogP) is 1.22. The van der Waals surface area contributed by atoms with Crippen LogP contribution in [0.3, 0.4) is 0 Å². The van der Waals surface area contributed by atoms with Gasteiger partial charge in [-0.2, -0.15) is 0 Å². The molecule has 0 fully saturated rings. The zero-order valence-corrected chi connectivity index (χ0v) is 10.4. The summed E-state index contributed by atoms with van der Waals surface area (Å²) in [7, 11) is 0. The number of urea groups is 1. The number of hydrogen-bond acceptors (Lipinski definition) is 5. The summed E-state index contributed by atoms with van der Waals surface area (Å²) >= 11 is 1.22. The van der Waals surface area contributed by atoms with Crippen molar-refractivity contribution in [2.75, 3.05) is 5.32 Å². The molecule has 8 heteroatoms. The molecule has 0 aliphatic carbocycles. The number of nitrogens with zero attached hydrogens (tertiary/aromatic N) is 2. The molecule has 1 aromatic rings. The number of aromatic nitrogens is 2. The molecule has 0 saturated carbocycles. The number of nitrogens with one attached hydrogen (secondary N) is 2. The van der Waals surface area contributed by atoms with E-state index in [-0.39, 0.29) is 0 Å². The van der Waals surface area contributed by atoms with E-state index in [0.717, 1.165) is 5.01 Å². The van der Waals surface area contributed by atoms with E-state index in [1.54, 1.807) is 6.92 Å². The van der Waals surface area contributed by atoms with Crippen LogP contribution in [0.25, 0.3) is 0 Å². The summed E-state index contributed by atoms with van der Waals surface area (Å²) in [5.41, 5.74) is 0. The van der Waals surface area contributed by atoms with Gasteiger partial charge in [0.25, 0.3) is 0 Å². The molecule has 17 heavy (non-hydrogen) atoms. The van der Waals surface area contributed by atoms with Crippen LogP contribution in [0.2, 0.25) is 0 Å². The predicted molar refractivity (Wildman–Crippen MR) is 63.1 cm³/mol. The van der Waals surface area contributed by atoms with Crippen LogP contribution in [-0.4, -0.2) is 33.3 Å². The molecule has 0 aromatic carbocycles. The molecule has 0 aliphatic heterocycles. The van der Waals surface area contributed by atoms with Crippen molar-refractivity contribution in [3.63, 3.8) is 0 Å². The maximum absolute atomic E-state index is 11.5. The van der Waals surface area contributed by atoms with Gasteiger partial charge >= 0.3 is 12.0 Å². The van der Waals surface area contributed by atoms with Crippen molar-refractivity contribution in [3.05, 3.63) is 5.01 Å². The van der Waals surface area contributed by atoms with Crippen LogP contribution >= 0.6 is 11.3 Å². The van der Waals surface area contributed by atoms with Crippen LogP contribution in [0.4, 0.5) is 9.93 Å². The highest BCUT2D eigenvalue weighted by Gasteiger charge is 2.19. The van der Waals surface area contributed by atoms with Crippen LogP contribution in [-0.2, 0) is 4.79 Å². The average molecular weight is 258 g/mol. The van der Waals surface area contributed by atoms with Crippen LogP contribution in [0, 0.1) is 6.92 Å². The monoisotopic (exact) mass is 258 g/mol. The molecule has 0 radical (unpaired) electrons. The van der Waals surface area contributed by atoms with Crippen molar-refractivity contribution in [1.29, 1.82) is 0 Å². The zero-order chi connectivity index (χ0) is 12.8. The minimum Gasteiger partial charge on any atom is -0.480 e. The van der Waals surface area contributed by atoms with E-state index in [4.69, 9.17) is 5.11 Å². The quantitative estimate of drug-likeness (QED) is 0.736. The summed E-state index contributed by atoms with van der Waals surface area (Å²) < 4.78 is 0. The van der Waals surface area contributed by atoms with Crippen molar-refractivity contribution in [1.82, 2.24) is 15.5 Å². The summed E-state index contributed by atoms with van der Waals surface area (Å²) in [5, 5.41) is 22.2. The van der Waals surface area contributed by atoms with Gasteiger partial charge in [0.05, 0.1) is 0 Å². The smallest absolute Gasteiger partial charge is 0.326 e. The third-order valence-electron chi connectivity index (χ3n) is 1.93. The molecular weight excluding hydrogens is 244 g/mol. The van der Waals surface area contributed by atoms with E-state index in [2.05, 4.69) is 20.8 Å². The Kier molecular flexibility index (Phi) is 4.83. The van der Waals surface area contributed by atoms with Gasteiger partial charge in [-0.15, -0.1) is 10.2 Å². The Morgan fingerprint density at radius 2 is 2.18 bits per heavy atom. The molecule has 0 saturated heterocycles. The second-order valence-electron chi connectivity index (χ2n) is 3.40. The second kappa shape index (κ2) is 6.14. The first-order chi connectivity index (χ1) is 8.02. The number of carbonyl (C=O) groups excluding carboxylic acids is 1. The van der Waals surface area contributed by atoms with Crippen LogP contribution < -0.4 is 10.6 Å². The molecule has 0 unspecified atom stereocenters. The van der Waals surface area contributed by atoms with E-state index < -0.39 is 18.0 Å². The summed E-state index contributed by atoms with van der Waals surface area (Å²) in [6, 6.07) is -1.46. The Labute approximate surface area is 102 Å². The molecule has 94 valence electrons. The molecule has 3 N–H and O–H groups in total. The fourth-order valence-corrected chi connectivity index (χ4v) is 1.77. The van der Waals surface area contributed by atoms with Crippen molar-refractivity contribution in [2.24, 2.45) is 0 Å². The SMILES string of the molecule is CCC[C@H](NC(=O)Nc1nnc(C)s1)C(=O)O. The third kappa shape index (κ3) is 4.35. The van der Waals surface area contributed by atoms with Gasteiger partial charge in [-0.3, -0.25) is 5.32 Å². The molecule has 2 amide bonds. The Morgan fingerprint density at radius 1 is 1.47 bits per heavy atom. The first-order valence-electron chi connectivity index (χ1n) is 5.13. The van der Waals surface area contributed by atoms with Gasteiger partial charge in [0.1, 0.15) is 11.0 Å². The summed E-state index contributed by atoms with van der Waals surface area (Å²) in [6.07, 6.45) is 1.06.